The number of rotatable bonds is 5. The van der Waals surface area contributed by atoms with Gasteiger partial charge in [0, 0.05) is 25.3 Å². The summed E-state index contributed by atoms with van der Waals surface area (Å²) < 4.78 is 18.9. The molecule has 0 bridgehead atoms. The minimum atomic E-state index is -0.281. The van der Waals surface area contributed by atoms with Crippen LogP contribution < -0.4 is 10.2 Å². The van der Waals surface area contributed by atoms with Crippen molar-refractivity contribution in [3.05, 3.63) is 53.1 Å². The van der Waals surface area contributed by atoms with Gasteiger partial charge in [-0.2, -0.15) is 0 Å². The average molecular weight is 344 g/mol. The fraction of sp³-hybridized carbons (Fsp3) is 0.389. The monoisotopic (exact) mass is 344 g/mol. The smallest absolute Gasteiger partial charge is 0.270 e. The Balaban J connectivity index is 1.63. The molecule has 0 spiro atoms. The topological polar surface area (TPSA) is 67.4 Å². The van der Waals surface area contributed by atoms with E-state index in [4.69, 9.17) is 4.74 Å². The Labute approximate surface area is 146 Å². The van der Waals surface area contributed by atoms with E-state index in [0.717, 1.165) is 5.69 Å². The molecule has 0 saturated carbocycles. The molecule has 2 aromatic rings. The molecule has 1 aliphatic heterocycles. The lowest BCUT2D eigenvalue weighted by molar-refractivity contribution is 0.0948. The maximum absolute atomic E-state index is 13.6. The second-order valence-electron chi connectivity index (χ2n) is 5.89. The van der Waals surface area contributed by atoms with Gasteiger partial charge in [-0.1, -0.05) is 18.2 Å². The second-order valence-corrected chi connectivity index (χ2v) is 5.89. The van der Waals surface area contributed by atoms with Gasteiger partial charge in [0.05, 0.1) is 13.2 Å². The molecule has 1 aliphatic rings. The summed E-state index contributed by atoms with van der Waals surface area (Å²) in [5.74, 6) is 0.00290. The summed E-state index contributed by atoms with van der Waals surface area (Å²) >= 11 is 0. The number of hydrogen-bond donors (Lipinski definition) is 1. The standard InChI is InChI=1S/C18H21FN4O2/c1-13-12-16(22-18(21-13)23-8-10-25-11-9-23)17(24)20-7-6-14-4-2-3-5-15(14)19/h2-5,12H,6-11H2,1H3,(H,20,24). The van der Waals surface area contributed by atoms with Crippen LogP contribution in [-0.4, -0.2) is 48.7 Å². The zero-order valence-corrected chi connectivity index (χ0v) is 14.2. The van der Waals surface area contributed by atoms with Gasteiger partial charge in [0.15, 0.2) is 0 Å². The Morgan fingerprint density at radius 2 is 2.04 bits per heavy atom. The zero-order chi connectivity index (χ0) is 17.6. The van der Waals surface area contributed by atoms with Crippen molar-refractivity contribution in [3.8, 4) is 0 Å². The van der Waals surface area contributed by atoms with E-state index in [1.807, 2.05) is 11.8 Å². The lowest BCUT2D eigenvalue weighted by Gasteiger charge is -2.27. The van der Waals surface area contributed by atoms with Crippen molar-refractivity contribution in [1.82, 2.24) is 15.3 Å². The van der Waals surface area contributed by atoms with Crippen LogP contribution in [0.3, 0.4) is 0 Å². The first-order valence-corrected chi connectivity index (χ1v) is 8.33. The molecule has 1 amide bonds. The number of morpholine rings is 1. The maximum atomic E-state index is 13.6. The summed E-state index contributed by atoms with van der Waals surface area (Å²) in [6.07, 6.45) is 0.429. The third-order valence-corrected chi connectivity index (χ3v) is 4.01. The van der Waals surface area contributed by atoms with E-state index in [9.17, 15) is 9.18 Å². The van der Waals surface area contributed by atoms with E-state index < -0.39 is 0 Å². The predicted molar refractivity (Wildman–Crippen MR) is 92.2 cm³/mol. The zero-order valence-electron chi connectivity index (χ0n) is 14.2. The van der Waals surface area contributed by atoms with Crippen molar-refractivity contribution in [3.63, 3.8) is 0 Å². The molecule has 0 radical (unpaired) electrons. The number of ether oxygens (including phenoxy) is 1. The summed E-state index contributed by atoms with van der Waals surface area (Å²) in [5.41, 5.74) is 1.63. The van der Waals surface area contributed by atoms with Crippen molar-refractivity contribution in [2.75, 3.05) is 37.7 Å². The number of hydrogen-bond acceptors (Lipinski definition) is 5. The number of carbonyl (C=O) groups is 1. The molecule has 1 N–H and O–H groups in total. The van der Waals surface area contributed by atoms with E-state index in [-0.39, 0.29) is 11.7 Å². The van der Waals surface area contributed by atoms with E-state index in [2.05, 4.69) is 15.3 Å². The lowest BCUT2D eigenvalue weighted by atomic mass is 10.1. The van der Waals surface area contributed by atoms with Crippen LogP contribution in [0.25, 0.3) is 0 Å². The van der Waals surface area contributed by atoms with Crippen molar-refractivity contribution in [2.45, 2.75) is 13.3 Å². The number of benzene rings is 1. The van der Waals surface area contributed by atoms with E-state index >= 15 is 0 Å². The maximum Gasteiger partial charge on any atom is 0.270 e. The Morgan fingerprint density at radius 1 is 1.28 bits per heavy atom. The highest BCUT2D eigenvalue weighted by Gasteiger charge is 2.17. The highest BCUT2D eigenvalue weighted by Crippen LogP contribution is 2.12. The van der Waals surface area contributed by atoms with E-state index in [1.165, 1.54) is 6.07 Å². The number of nitrogens with one attached hydrogen (secondary N) is 1. The molecule has 3 rings (SSSR count). The number of aryl methyl sites for hydroxylation is 1. The van der Waals surface area contributed by atoms with Gasteiger partial charge < -0.3 is 15.0 Å². The quantitative estimate of drug-likeness (QED) is 0.895. The molecule has 2 heterocycles. The van der Waals surface area contributed by atoms with E-state index in [0.29, 0.717) is 56.5 Å². The van der Waals surface area contributed by atoms with Crippen LogP contribution in [0.5, 0.6) is 0 Å². The van der Waals surface area contributed by atoms with Crippen LogP contribution in [0.4, 0.5) is 10.3 Å². The van der Waals surface area contributed by atoms with Crippen molar-refractivity contribution < 1.29 is 13.9 Å². The summed E-state index contributed by atoms with van der Waals surface area (Å²) in [4.78, 5) is 23.2. The van der Waals surface area contributed by atoms with Crippen LogP contribution in [0.2, 0.25) is 0 Å². The summed E-state index contributed by atoms with van der Waals surface area (Å²) in [7, 11) is 0. The first-order chi connectivity index (χ1) is 12.1. The Hall–Kier alpha value is -2.54. The average Bonchev–Trinajstić information content (AvgIpc) is 2.63. The number of anilines is 1. The number of aromatic nitrogens is 2. The molecular weight excluding hydrogens is 323 g/mol. The fourth-order valence-electron chi connectivity index (χ4n) is 2.68. The molecule has 25 heavy (non-hydrogen) atoms. The number of halogens is 1. The van der Waals surface area contributed by atoms with Gasteiger partial charge in [0.1, 0.15) is 11.5 Å². The molecule has 1 fully saturated rings. The normalized spacial score (nSPS) is 14.4. The first-order valence-electron chi connectivity index (χ1n) is 8.33. The Morgan fingerprint density at radius 3 is 2.80 bits per heavy atom. The van der Waals surface area contributed by atoms with Gasteiger partial charge in [-0.25, -0.2) is 14.4 Å². The van der Waals surface area contributed by atoms with Gasteiger partial charge in [0.25, 0.3) is 5.91 Å². The van der Waals surface area contributed by atoms with Gasteiger partial charge in [0.2, 0.25) is 5.95 Å². The molecule has 0 atom stereocenters. The Bertz CT molecular complexity index is 748. The SMILES string of the molecule is Cc1cc(C(=O)NCCc2ccccc2F)nc(N2CCOCC2)n1. The molecule has 7 heteroatoms. The third kappa shape index (κ3) is 4.51. The highest BCUT2D eigenvalue weighted by molar-refractivity contribution is 5.92. The van der Waals surface area contributed by atoms with Crippen LogP contribution in [0.1, 0.15) is 21.7 Å². The minimum absolute atomic E-state index is 0.260. The molecule has 132 valence electrons. The van der Waals surface area contributed by atoms with Gasteiger partial charge in [-0.15, -0.1) is 0 Å². The largest absolute Gasteiger partial charge is 0.378 e. The Kier molecular flexibility index (Phi) is 5.55. The van der Waals surface area contributed by atoms with Crippen LogP contribution >= 0.6 is 0 Å². The van der Waals surface area contributed by atoms with Gasteiger partial charge >= 0.3 is 0 Å². The molecule has 0 aliphatic carbocycles. The fourth-order valence-corrected chi connectivity index (χ4v) is 2.68. The van der Waals surface area contributed by atoms with Crippen LogP contribution in [-0.2, 0) is 11.2 Å². The summed E-state index contributed by atoms with van der Waals surface area (Å²) in [5, 5.41) is 2.79. The van der Waals surface area contributed by atoms with Gasteiger partial charge in [-0.05, 0) is 31.0 Å². The molecular formula is C18H21FN4O2. The van der Waals surface area contributed by atoms with Gasteiger partial charge in [-0.3, -0.25) is 4.79 Å². The molecule has 1 aromatic heterocycles. The molecule has 1 aromatic carbocycles. The lowest BCUT2D eigenvalue weighted by Crippen LogP contribution is -2.38. The summed E-state index contributed by atoms with van der Waals surface area (Å²) in [6.45, 7) is 4.84. The number of carbonyl (C=O) groups excluding carboxylic acids is 1. The van der Waals surface area contributed by atoms with E-state index in [1.54, 1.807) is 24.3 Å². The number of amides is 1. The predicted octanol–water partition coefficient (Wildman–Crippen LogP) is 1.73. The van der Waals surface area contributed by atoms with Crippen molar-refractivity contribution in [1.29, 1.82) is 0 Å². The molecule has 0 unspecified atom stereocenters. The molecule has 6 nitrogen and oxygen atoms in total. The minimum Gasteiger partial charge on any atom is -0.378 e. The number of nitrogens with zero attached hydrogens (tertiary/aromatic N) is 3. The second kappa shape index (κ2) is 8.02. The van der Waals surface area contributed by atoms with Crippen molar-refractivity contribution in [2.24, 2.45) is 0 Å². The first kappa shape index (κ1) is 17.3. The third-order valence-electron chi connectivity index (χ3n) is 4.01. The highest BCUT2D eigenvalue weighted by atomic mass is 19.1. The van der Waals surface area contributed by atoms with Crippen molar-refractivity contribution >= 4 is 11.9 Å². The summed E-state index contributed by atoms with van der Waals surface area (Å²) in [6, 6.07) is 8.21. The van der Waals surface area contributed by atoms with Crippen LogP contribution in [0.15, 0.2) is 30.3 Å². The molecule has 1 saturated heterocycles. The van der Waals surface area contributed by atoms with Crippen LogP contribution in [0, 0.1) is 12.7 Å².